The second-order valence-electron chi connectivity index (χ2n) is 4.44. The number of rotatable bonds is 7. The average Bonchev–Trinajstić information content (AvgIpc) is 2.97. The molecule has 1 amide bonds. The fourth-order valence-electron chi connectivity index (χ4n) is 1.68. The van der Waals surface area contributed by atoms with Crippen LogP contribution in [0.3, 0.4) is 0 Å². The highest BCUT2D eigenvalue weighted by Crippen LogP contribution is 2.15. The van der Waals surface area contributed by atoms with Crippen LogP contribution in [-0.2, 0) is 26.8 Å². The van der Waals surface area contributed by atoms with Crippen molar-refractivity contribution in [1.29, 1.82) is 0 Å². The lowest BCUT2D eigenvalue weighted by Gasteiger charge is -2.00. The number of hydrogen-bond donors (Lipinski definition) is 1. The van der Waals surface area contributed by atoms with Gasteiger partial charge in [0, 0.05) is 13.0 Å². The number of hydrogen-bond acceptors (Lipinski definition) is 6. The predicted octanol–water partition coefficient (Wildman–Crippen LogP) is 0.941. The summed E-state index contributed by atoms with van der Waals surface area (Å²) in [7, 11) is -3.69. The second kappa shape index (κ2) is 7.37. The normalized spacial score (nSPS) is 11.3. The Labute approximate surface area is 132 Å². The van der Waals surface area contributed by atoms with Crippen LogP contribution in [-0.4, -0.2) is 36.9 Å². The lowest BCUT2D eigenvalue weighted by atomic mass is 10.2. The van der Waals surface area contributed by atoms with E-state index in [1.54, 1.807) is 30.3 Å². The maximum absolute atomic E-state index is 12.2. The second-order valence-corrected chi connectivity index (χ2v) is 6.57. The Kier molecular flexibility index (Phi) is 5.51. The number of benzene rings is 1. The molecule has 0 unspecified atom stereocenters. The van der Waals surface area contributed by atoms with Crippen molar-refractivity contribution in [3.8, 4) is 0 Å². The highest BCUT2D eigenvalue weighted by molar-refractivity contribution is 7.90. The van der Waals surface area contributed by atoms with Gasteiger partial charge in [-0.3, -0.25) is 4.79 Å². The standard InChI is InChI=1S/C13H14ClN3O4S/c14-8-11(18)15-7-6-12-16-17-13(21-12)22(19,20)9-10-4-2-1-3-5-10/h1-5H,6-9H2,(H,15,18). The van der Waals surface area contributed by atoms with E-state index in [2.05, 4.69) is 15.5 Å². The summed E-state index contributed by atoms with van der Waals surface area (Å²) in [5.41, 5.74) is 0.636. The molecule has 0 atom stereocenters. The minimum Gasteiger partial charge on any atom is -0.412 e. The molecule has 0 fully saturated rings. The van der Waals surface area contributed by atoms with E-state index in [4.69, 9.17) is 16.0 Å². The molecule has 0 saturated heterocycles. The van der Waals surface area contributed by atoms with E-state index in [1.165, 1.54) is 0 Å². The van der Waals surface area contributed by atoms with Gasteiger partial charge >= 0.3 is 5.22 Å². The molecule has 0 saturated carbocycles. The lowest BCUT2D eigenvalue weighted by Crippen LogP contribution is -2.26. The van der Waals surface area contributed by atoms with Gasteiger partial charge in [0.25, 0.3) is 0 Å². The van der Waals surface area contributed by atoms with Crippen LogP contribution in [0.25, 0.3) is 0 Å². The Morgan fingerprint density at radius 3 is 2.64 bits per heavy atom. The number of alkyl halides is 1. The third-order valence-corrected chi connectivity index (χ3v) is 4.35. The van der Waals surface area contributed by atoms with Crippen LogP contribution in [0.1, 0.15) is 11.5 Å². The minimum absolute atomic E-state index is 0.138. The van der Waals surface area contributed by atoms with Crippen molar-refractivity contribution in [3.63, 3.8) is 0 Å². The zero-order valence-electron chi connectivity index (χ0n) is 11.5. The van der Waals surface area contributed by atoms with Gasteiger partial charge in [-0.15, -0.1) is 16.7 Å². The first-order valence-electron chi connectivity index (χ1n) is 6.43. The SMILES string of the molecule is O=C(CCl)NCCc1nnc(S(=O)(=O)Cc2ccccc2)o1. The monoisotopic (exact) mass is 343 g/mol. The highest BCUT2D eigenvalue weighted by Gasteiger charge is 2.22. The number of sulfone groups is 1. The van der Waals surface area contributed by atoms with Crippen LogP contribution in [0, 0.1) is 0 Å². The first-order valence-corrected chi connectivity index (χ1v) is 8.61. The summed E-state index contributed by atoms with van der Waals surface area (Å²) in [5, 5.41) is 9.32. The quantitative estimate of drug-likeness (QED) is 0.751. The lowest BCUT2D eigenvalue weighted by molar-refractivity contribution is -0.118. The van der Waals surface area contributed by atoms with Crippen molar-refractivity contribution in [2.75, 3.05) is 12.4 Å². The fraction of sp³-hybridized carbons (Fsp3) is 0.308. The number of nitrogens with zero attached hydrogens (tertiary/aromatic N) is 2. The van der Waals surface area contributed by atoms with Gasteiger partial charge in [-0.25, -0.2) is 8.42 Å². The van der Waals surface area contributed by atoms with Crippen molar-refractivity contribution >= 4 is 27.3 Å². The minimum atomic E-state index is -3.69. The maximum atomic E-state index is 12.2. The average molecular weight is 344 g/mol. The molecule has 0 aliphatic rings. The Hall–Kier alpha value is -1.93. The van der Waals surface area contributed by atoms with Crippen molar-refractivity contribution in [3.05, 3.63) is 41.8 Å². The van der Waals surface area contributed by atoms with Crippen LogP contribution >= 0.6 is 11.6 Å². The molecule has 9 heteroatoms. The fourth-order valence-corrected chi connectivity index (χ4v) is 2.91. The topological polar surface area (TPSA) is 102 Å². The van der Waals surface area contributed by atoms with Crippen LogP contribution in [0.5, 0.6) is 0 Å². The smallest absolute Gasteiger partial charge is 0.335 e. The predicted molar refractivity (Wildman–Crippen MR) is 79.1 cm³/mol. The number of carbonyl (C=O) groups excluding carboxylic acids is 1. The summed E-state index contributed by atoms with van der Waals surface area (Å²) in [5.74, 6) is -0.529. The Morgan fingerprint density at radius 1 is 1.23 bits per heavy atom. The van der Waals surface area contributed by atoms with E-state index in [-0.39, 0.29) is 36.4 Å². The number of amides is 1. The van der Waals surface area contributed by atoms with Gasteiger partial charge in [0.05, 0.1) is 5.75 Å². The Balaban J connectivity index is 1.99. The van der Waals surface area contributed by atoms with E-state index < -0.39 is 15.1 Å². The molecule has 22 heavy (non-hydrogen) atoms. The maximum Gasteiger partial charge on any atom is 0.335 e. The Morgan fingerprint density at radius 2 is 1.95 bits per heavy atom. The van der Waals surface area contributed by atoms with Crippen LogP contribution in [0.4, 0.5) is 0 Å². The van der Waals surface area contributed by atoms with Gasteiger partial charge < -0.3 is 9.73 Å². The third kappa shape index (κ3) is 4.54. The molecule has 0 aliphatic heterocycles. The molecule has 7 nitrogen and oxygen atoms in total. The van der Waals surface area contributed by atoms with Crippen molar-refractivity contribution in [2.45, 2.75) is 17.4 Å². The van der Waals surface area contributed by atoms with Gasteiger partial charge in [-0.2, -0.15) is 0 Å². The molecular weight excluding hydrogens is 330 g/mol. The molecule has 2 aromatic rings. The van der Waals surface area contributed by atoms with Gasteiger partial charge in [0.2, 0.25) is 21.6 Å². The molecule has 1 aromatic heterocycles. The van der Waals surface area contributed by atoms with Gasteiger partial charge in [-0.1, -0.05) is 35.4 Å². The zero-order chi connectivity index (χ0) is 16.0. The molecule has 0 bridgehead atoms. The Bertz CT molecular complexity index is 731. The highest BCUT2D eigenvalue weighted by atomic mass is 35.5. The molecule has 1 heterocycles. The number of halogens is 1. The van der Waals surface area contributed by atoms with E-state index in [9.17, 15) is 13.2 Å². The summed E-state index contributed by atoms with van der Waals surface area (Å²) in [6, 6.07) is 8.72. The van der Waals surface area contributed by atoms with Crippen LogP contribution in [0.15, 0.2) is 40.0 Å². The molecule has 0 spiro atoms. The first kappa shape index (κ1) is 16.4. The van der Waals surface area contributed by atoms with E-state index in [0.29, 0.717) is 5.56 Å². The summed E-state index contributed by atoms with van der Waals surface area (Å²) in [6.07, 6.45) is 0.233. The molecular formula is C13H14ClN3O4S. The molecule has 2 rings (SSSR count). The molecule has 1 aromatic carbocycles. The van der Waals surface area contributed by atoms with Gasteiger partial charge in [-0.05, 0) is 5.56 Å². The van der Waals surface area contributed by atoms with E-state index >= 15 is 0 Å². The summed E-state index contributed by atoms with van der Waals surface area (Å²) < 4.78 is 29.5. The third-order valence-electron chi connectivity index (χ3n) is 2.70. The van der Waals surface area contributed by atoms with Crippen LogP contribution < -0.4 is 5.32 Å². The number of carbonyl (C=O) groups is 1. The van der Waals surface area contributed by atoms with Crippen molar-refractivity contribution < 1.29 is 17.6 Å². The summed E-state index contributed by atoms with van der Waals surface area (Å²) in [4.78, 5) is 11.0. The van der Waals surface area contributed by atoms with Crippen molar-refractivity contribution in [2.24, 2.45) is 0 Å². The first-order chi connectivity index (χ1) is 10.5. The van der Waals surface area contributed by atoms with Gasteiger partial charge in [0.1, 0.15) is 5.88 Å². The number of nitrogens with one attached hydrogen (secondary N) is 1. The number of aromatic nitrogens is 2. The zero-order valence-corrected chi connectivity index (χ0v) is 13.1. The van der Waals surface area contributed by atoms with E-state index in [0.717, 1.165) is 0 Å². The van der Waals surface area contributed by atoms with Gasteiger partial charge in [0.15, 0.2) is 0 Å². The summed E-state index contributed by atoms with van der Waals surface area (Å²) >= 11 is 5.33. The summed E-state index contributed by atoms with van der Waals surface area (Å²) in [6.45, 7) is 0.242. The van der Waals surface area contributed by atoms with Crippen molar-refractivity contribution in [1.82, 2.24) is 15.5 Å². The molecule has 0 aliphatic carbocycles. The molecule has 1 N–H and O–H groups in total. The molecule has 0 radical (unpaired) electrons. The van der Waals surface area contributed by atoms with Crippen LogP contribution in [0.2, 0.25) is 0 Å². The molecule has 118 valence electrons. The van der Waals surface area contributed by atoms with E-state index in [1.807, 2.05) is 0 Å². The largest absolute Gasteiger partial charge is 0.412 e.